The Morgan fingerprint density at radius 1 is 1.22 bits per heavy atom. The second kappa shape index (κ2) is 4.88. The van der Waals surface area contributed by atoms with E-state index in [1.807, 2.05) is 41.8 Å². The van der Waals surface area contributed by atoms with Gasteiger partial charge in [-0.1, -0.05) is 18.2 Å². The van der Waals surface area contributed by atoms with Crippen molar-refractivity contribution >= 4 is 22.2 Å². The third-order valence-corrected chi connectivity index (χ3v) is 3.74. The van der Waals surface area contributed by atoms with Crippen LogP contribution in [-0.2, 0) is 6.42 Å². The van der Waals surface area contributed by atoms with Crippen LogP contribution in [0.5, 0.6) is 0 Å². The summed E-state index contributed by atoms with van der Waals surface area (Å²) in [6, 6.07) is 12.0. The second-order valence-corrected chi connectivity index (χ2v) is 5.09. The summed E-state index contributed by atoms with van der Waals surface area (Å²) in [6.07, 6.45) is 1.92. The summed E-state index contributed by atoms with van der Waals surface area (Å²) in [5, 5.41) is 15.4. The third kappa shape index (κ3) is 2.28. The average Bonchev–Trinajstić information content (AvgIpc) is 2.91. The molecule has 3 heteroatoms. The number of hydrogen-bond donors (Lipinski definition) is 1. The molecule has 3 aromatic rings. The summed E-state index contributed by atoms with van der Waals surface area (Å²) in [5.74, 6) is 0. The van der Waals surface area contributed by atoms with Gasteiger partial charge in [-0.05, 0) is 40.1 Å². The molecule has 1 N–H and O–H groups in total. The van der Waals surface area contributed by atoms with Crippen LogP contribution in [0.4, 0.5) is 0 Å². The predicted octanol–water partition coefficient (Wildman–Crippen LogP) is 3.57. The summed E-state index contributed by atoms with van der Waals surface area (Å²) >= 11 is 1.65. The van der Waals surface area contributed by atoms with E-state index in [4.69, 9.17) is 0 Å². The molecule has 0 saturated heterocycles. The summed E-state index contributed by atoms with van der Waals surface area (Å²) in [5.41, 5.74) is 3.00. The smallest absolute Gasteiger partial charge is 0.0845 e. The Morgan fingerprint density at radius 2 is 2.11 bits per heavy atom. The van der Waals surface area contributed by atoms with E-state index in [-0.39, 0.29) is 0 Å². The van der Waals surface area contributed by atoms with Crippen LogP contribution in [0.1, 0.15) is 17.2 Å². The molecule has 18 heavy (non-hydrogen) atoms. The summed E-state index contributed by atoms with van der Waals surface area (Å²) < 4.78 is 0. The molecule has 0 saturated carbocycles. The van der Waals surface area contributed by atoms with Crippen LogP contribution in [0.3, 0.4) is 0 Å². The summed E-state index contributed by atoms with van der Waals surface area (Å²) in [4.78, 5) is 4.37. The van der Waals surface area contributed by atoms with E-state index in [9.17, 15) is 5.11 Å². The van der Waals surface area contributed by atoms with Gasteiger partial charge < -0.3 is 5.11 Å². The lowest BCUT2D eigenvalue weighted by atomic mass is 10.0. The van der Waals surface area contributed by atoms with E-state index in [0.717, 1.165) is 16.5 Å². The Hall–Kier alpha value is -1.71. The van der Waals surface area contributed by atoms with Gasteiger partial charge in [0, 0.05) is 18.0 Å². The third-order valence-electron chi connectivity index (χ3n) is 3.01. The van der Waals surface area contributed by atoms with Crippen LogP contribution in [0, 0.1) is 0 Å². The molecule has 0 radical (unpaired) electrons. The number of para-hydroxylation sites is 1. The van der Waals surface area contributed by atoms with Gasteiger partial charge in [0.05, 0.1) is 11.6 Å². The molecule has 0 aliphatic heterocycles. The lowest BCUT2D eigenvalue weighted by Gasteiger charge is -2.10. The first-order valence-electron chi connectivity index (χ1n) is 5.87. The van der Waals surface area contributed by atoms with Crippen molar-refractivity contribution in [2.45, 2.75) is 12.5 Å². The first-order valence-corrected chi connectivity index (χ1v) is 6.81. The molecule has 90 valence electrons. The van der Waals surface area contributed by atoms with E-state index >= 15 is 0 Å². The van der Waals surface area contributed by atoms with Crippen LogP contribution >= 0.6 is 11.3 Å². The monoisotopic (exact) mass is 255 g/mol. The van der Waals surface area contributed by atoms with Crippen molar-refractivity contribution in [2.75, 3.05) is 0 Å². The van der Waals surface area contributed by atoms with Crippen molar-refractivity contribution in [3.63, 3.8) is 0 Å². The minimum absolute atomic E-state index is 0.489. The number of aromatic nitrogens is 1. The molecule has 0 aliphatic rings. The van der Waals surface area contributed by atoms with E-state index in [2.05, 4.69) is 10.4 Å². The molecule has 0 amide bonds. The maximum absolute atomic E-state index is 10.2. The van der Waals surface area contributed by atoms with Gasteiger partial charge in [-0.3, -0.25) is 4.98 Å². The van der Waals surface area contributed by atoms with Gasteiger partial charge in [-0.2, -0.15) is 11.3 Å². The Labute approximate surface area is 110 Å². The van der Waals surface area contributed by atoms with Crippen LogP contribution in [0.25, 0.3) is 10.9 Å². The summed E-state index contributed by atoms with van der Waals surface area (Å²) in [6.45, 7) is 0. The van der Waals surface area contributed by atoms with Gasteiger partial charge in [0.25, 0.3) is 0 Å². The fourth-order valence-electron chi connectivity index (χ4n) is 2.02. The van der Waals surface area contributed by atoms with E-state index in [1.54, 1.807) is 17.5 Å². The van der Waals surface area contributed by atoms with Crippen molar-refractivity contribution in [2.24, 2.45) is 0 Å². The largest absolute Gasteiger partial charge is 0.388 e. The van der Waals surface area contributed by atoms with Crippen molar-refractivity contribution in [1.29, 1.82) is 0 Å². The zero-order chi connectivity index (χ0) is 12.4. The number of fused-ring (bicyclic) bond motifs is 1. The number of rotatable bonds is 3. The normalized spacial score (nSPS) is 12.7. The SMILES string of the molecule is OC(Cc1ccsc1)c1cnc2ccccc2c1. The molecule has 0 fully saturated rings. The molecule has 2 heterocycles. The van der Waals surface area contributed by atoms with E-state index < -0.39 is 6.10 Å². The highest BCUT2D eigenvalue weighted by molar-refractivity contribution is 7.07. The van der Waals surface area contributed by atoms with Crippen LogP contribution < -0.4 is 0 Å². The number of hydrogen-bond acceptors (Lipinski definition) is 3. The molecular formula is C15H13NOS. The number of pyridine rings is 1. The quantitative estimate of drug-likeness (QED) is 0.776. The van der Waals surface area contributed by atoms with Gasteiger partial charge in [-0.25, -0.2) is 0 Å². The molecule has 0 bridgehead atoms. The first-order chi connectivity index (χ1) is 8.83. The lowest BCUT2D eigenvalue weighted by molar-refractivity contribution is 0.178. The van der Waals surface area contributed by atoms with E-state index in [1.165, 1.54) is 5.56 Å². The molecular weight excluding hydrogens is 242 g/mol. The Balaban J connectivity index is 1.89. The Bertz CT molecular complexity index is 648. The summed E-state index contributed by atoms with van der Waals surface area (Å²) in [7, 11) is 0. The predicted molar refractivity (Wildman–Crippen MR) is 74.7 cm³/mol. The highest BCUT2D eigenvalue weighted by Gasteiger charge is 2.10. The van der Waals surface area contributed by atoms with Crippen LogP contribution in [0.15, 0.2) is 53.4 Å². The minimum Gasteiger partial charge on any atom is -0.388 e. The topological polar surface area (TPSA) is 33.1 Å². The van der Waals surface area contributed by atoms with Gasteiger partial charge in [-0.15, -0.1) is 0 Å². The molecule has 2 aromatic heterocycles. The van der Waals surface area contributed by atoms with Gasteiger partial charge in [0.15, 0.2) is 0 Å². The molecule has 3 rings (SSSR count). The zero-order valence-corrected chi connectivity index (χ0v) is 10.6. The molecule has 1 aromatic carbocycles. The number of nitrogens with zero attached hydrogens (tertiary/aromatic N) is 1. The number of aliphatic hydroxyl groups excluding tert-OH is 1. The highest BCUT2D eigenvalue weighted by Crippen LogP contribution is 2.22. The van der Waals surface area contributed by atoms with Gasteiger partial charge in [0.2, 0.25) is 0 Å². The van der Waals surface area contributed by atoms with Crippen molar-refractivity contribution < 1.29 is 5.11 Å². The highest BCUT2D eigenvalue weighted by atomic mass is 32.1. The number of thiophene rings is 1. The molecule has 0 aliphatic carbocycles. The van der Waals surface area contributed by atoms with Crippen molar-refractivity contribution in [3.8, 4) is 0 Å². The Morgan fingerprint density at radius 3 is 2.94 bits per heavy atom. The van der Waals surface area contributed by atoms with Crippen molar-refractivity contribution in [3.05, 3.63) is 64.5 Å². The molecule has 1 atom stereocenters. The lowest BCUT2D eigenvalue weighted by Crippen LogP contribution is -2.01. The number of aliphatic hydroxyl groups is 1. The standard InChI is InChI=1S/C15H13NOS/c17-15(7-11-5-6-18-10-11)13-8-12-3-1-2-4-14(12)16-9-13/h1-6,8-10,15,17H,7H2. The molecule has 1 unspecified atom stereocenters. The van der Waals surface area contributed by atoms with Crippen molar-refractivity contribution in [1.82, 2.24) is 4.98 Å². The maximum atomic E-state index is 10.2. The average molecular weight is 255 g/mol. The minimum atomic E-state index is -0.489. The van der Waals surface area contributed by atoms with Crippen LogP contribution in [0.2, 0.25) is 0 Å². The molecule has 2 nitrogen and oxygen atoms in total. The van der Waals surface area contributed by atoms with Crippen LogP contribution in [-0.4, -0.2) is 10.1 Å². The molecule has 0 spiro atoms. The first kappa shape index (κ1) is 11.4. The maximum Gasteiger partial charge on any atom is 0.0845 e. The Kier molecular flexibility index (Phi) is 3.09. The zero-order valence-electron chi connectivity index (χ0n) is 9.78. The fourth-order valence-corrected chi connectivity index (χ4v) is 2.70. The fraction of sp³-hybridized carbons (Fsp3) is 0.133. The van der Waals surface area contributed by atoms with Gasteiger partial charge >= 0.3 is 0 Å². The van der Waals surface area contributed by atoms with Gasteiger partial charge in [0.1, 0.15) is 0 Å². The van der Waals surface area contributed by atoms with E-state index in [0.29, 0.717) is 6.42 Å². The second-order valence-electron chi connectivity index (χ2n) is 4.31. The number of benzene rings is 1.